The highest BCUT2D eigenvalue weighted by Crippen LogP contribution is 2.31. The van der Waals surface area contributed by atoms with Crippen LogP contribution in [0.5, 0.6) is 5.75 Å². The predicted octanol–water partition coefficient (Wildman–Crippen LogP) is 5.50. The SMILES string of the molecule is CC(C)(C)OC(=O)COc1ccc([S+](c2cccnc2)c2cccnc2)cc1.Cc1ccc(S(=O)(=O)[O-])c(C)c1. The minimum Gasteiger partial charge on any atom is -0.744 e. The molecular formula is C30H32N2O6S2. The van der Waals surface area contributed by atoms with E-state index in [1.54, 1.807) is 31.5 Å². The summed E-state index contributed by atoms with van der Waals surface area (Å²) in [5.41, 5.74) is 0.927. The van der Waals surface area contributed by atoms with Crippen molar-refractivity contribution in [1.29, 1.82) is 0 Å². The molecule has 0 fully saturated rings. The Morgan fingerprint density at radius 1 is 0.875 bits per heavy atom. The van der Waals surface area contributed by atoms with E-state index >= 15 is 0 Å². The Labute approximate surface area is 238 Å². The van der Waals surface area contributed by atoms with E-state index in [1.165, 1.54) is 6.07 Å². The largest absolute Gasteiger partial charge is 0.744 e. The maximum Gasteiger partial charge on any atom is 0.344 e. The molecule has 0 unspecified atom stereocenters. The molecule has 0 spiro atoms. The second-order valence-electron chi connectivity index (χ2n) is 9.75. The number of carbonyl (C=O) groups is 1. The highest BCUT2D eigenvalue weighted by atomic mass is 32.2. The van der Waals surface area contributed by atoms with Crippen LogP contribution in [0.4, 0.5) is 0 Å². The van der Waals surface area contributed by atoms with Gasteiger partial charge in [-0.15, -0.1) is 0 Å². The molecule has 0 N–H and O–H groups in total. The summed E-state index contributed by atoms with van der Waals surface area (Å²) in [4.78, 5) is 23.5. The lowest BCUT2D eigenvalue weighted by molar-refractivity contribution is -0.157. The second-order valence-corrected chi connectivity index (χ2v) is 13.1. The normalized spacial score (nSPS) is 11.4. The number of hydrogen-bond acceptors (Lipinski definition) is 8. The first kappa shape index (κ1) is 30.8. The molecule has 8 nitrogen and oxygen atoms in total. The third-order valence-corrected chi connectivity index (χ3v) is 8.34. The second kappa shape index (κ2) is 13.6. The van der Waals surface area contributed by atoms with Crippen LogP contribution in [0.15, 0.2) is 111 Å². The predicted molar refractivity (Wildman–Crippen MR) is 152 cm³/mol. The molecule has 10 heteroatoms. The van der Waals surface area contributed by atoms with Gasteiger partial charge in [-0.2, -0.15) is 0 Å². The molecule has 0 saturated carbocycles. The van der Waals surface area contributed by atoms with E-state index in [-0.39, 0.29) is 28.4 Å². The minimum absolute atomic E-state index is 0.118. The van der Waals surface area contributed by atoms with Crippen LogP contribution in [0.3, 0.4) is 0 Å². The van der Waals surface area contributed by atoms with Gasteiger partial charge in [0.1, 0.15) is 32.4 Å². The lowest BCUT2D eigenvalue weighted by Gasteiger charge is -2.19. The van der Waals surface area contributed by atoms with Crippen molar-refractivity contribution in [2.45, 2.75) is 59.8 Å². The number of rotatable bonds is 7. The van der Waals surface area contributed by atoms with Gasteiger partial charge in [-0.1, -0.05) is 17.7 Å². The van der Waals surface area contributed by atoms with Gasteiger partial charge in [-0.3, -0.25) is 9.97 Å². The van der Waals surface area contributed by atoms with Crippen molar-refractivity contribution in [3.63, 3.8) is 0 Å². The minimum atomic E-state index is -4.30. The zero-order valence-electron chi connectivity index (χ0n) is 23.0. The van der Waals surface area contributed by atoms with E-state index in [9.17, 15) is 17.8 Å². The fraction of sp³-hybridized carbons (Fsp3) is 0.233. The van der Waals surface area contributed by atoms with E-state index in [2.05, 4.69) is 22.1 Å². The molecule has 0 amide bonds. The van der Waals surface area contributed by atoms with Gasteiger partial charge in [0.15, 0.2) is 21.3 Å². The van der Waals surface area contributed by atoms with Gasteiger partial charge in [-0.25, -0.2) is 13.2 Å². The van der Waals surface area contributed by atoms with E-state index in [4.69, 9.17) is 9.47 Å². The van der Waals surface area contributed by atoms with E-state index in [0.717, 1.165) is 20.2 Å². The lowest BCUT2D eigenvalue weighted by atomic mass is 10.2. The molecule has 0 saturated heterocycles. The summed E-state index contributed by atoms with van der Waals surface area (Å²) in [6, 6.07) is 20.4. The van der Waals surface area contributed by atoms with Crippen LogP contribution in [-0.2, 0) is 30.5 Å². The van der Waals surface area contributed by atoms with Crippen molar-refractivity contribution in [1.82, 2.24) is 9.97 Å². The Hall–Kier alpha value is -3.73. The maximum absolute atomic E-state index is 11.8. The molecule has 40 heavy (non-hydrogen) atoms. The first-order valence-electron chi connectivity index (χ1n) is 12.4. The number of benzene rings is 2. The molecule has 4 rings (SSSR count). The van der Waals surface area contributed by atoms with Gasteiger partial charge in [0, 0.05) is 12.4 Å². The average Bonchev–Trinajstić information content (AvgIpc) is 2.88. The fourth-order valence-electron chi connectivity index (χ4n) is 3.61. The van der Waals surface area contributed by atoms with Crippen molar-refractivity contribution in [2.24, 2.45) is 0 Å². The molecule has 0 aliphatic rings. The quantitative estimate of drug-likeness (QED) is 0.160. The smallest absolute Gasteiger partial charge is 0.344 e. The number of esters is 1. The molecule has 4 aromatic rings. The summed E-state index contributed by atoms with van der Waals surface area (Å²) in [6.45, 7) is 8.83. The van der Waals surface area contributed by atoms with Gasteiger partial charge in [0.2, 0.25) is 0 Å². The molecule has 0 atom stereocenters. The summed E-state index contributed by atoms with van der Waals surface area (Å²) in [5.74, 6) is 0.234. The number of nitrogens with zero attached hydrogens (tertiary/aromatic N) is 2. The number of pyridine rings is 2. The van der Waals surface area contributed by atoms with Gasteiger partial charge in [-0.05, 0) is 94.8 Å². The van der Waals surface area contributed by atoms with Crippen LogP contribution >= 0.6 is 0 Å². The van der Waals surface area contributed by atoms with E-state index in [0.29, 0.717) is 11.3 Å². The van der Waals surface area contributed by atoms with Crippen LogP contribution in [0, 0.1) is 13.8 Å². The number of ether oxygens (including phenoxy) is 2. The standard InChI is InChI=1S/C22H23N2O3S.C8H10O3S/c1-22(2,3)27-21(25)16-26-17-8-10-18(11-9-17)28(19-6-4-12-23-14-19)20-7-5-13-24-15-20;1-6-3-4-8(7(2)5-6)12(9,10)11/h4-15H,16H2,1-3H3;3-5H,1-2H3,(H,9,10,11)/q+1;/p-1. The van der Waals surface area contributed by atoms with Crippen LogP contribution in [-0.4, -0.2) is 41.1 Å². The van der Waals surface area contributed by atoms with E-state index in [1.807, 2.05) is 76.5 Å². The first-order valence-corrected chi connectivity index (χ1v) is 15.0. The van der Waals surface area contributed by atoms with Gasteiger partial charge < -0.3 is 14.0 Å². The number of aryl methyl sites for hydroxylation is 2. The molecular weight excluding hydrogens is 548 g/mol. The summed E-state index contributed by atoms with van der Waals surface area (Å²) in [7, 11) is -4.62. The van der Waals surface area contributed by atoms with Gasteiger partial charge in [0.25, 0.3) is 0 Å². The van der Waals surface area contributed by atoms with Crippen molar-refractivity contribution < 1.29 is 27.2 Å². The molecule has 0 bridgehead atoms. The topological polar surface area (TPSA) is 119 Å². The molecule has 2 heterocycles. The lowest BCUT2D eigenvalue weighted by Crippen LogP contribution is -2.27. The maximum atomic E-state index is 11.8. The zero-order valence-corrected chi connectivity index (χ0v) is 24.7. The summed E-state index contributed by atoms with van der Waals surface area (Å²) in [5, 5.41) is 0. The molecule has 210 valence electrons. The molecule has 2 aromatic carbocycles. The number of hydrogen-bond donors (Lipinski definition) is 0. The Morgan fingerprint density at radius 3 is 1.90 bits per heavy atom. The Balaban J connectivity index is 0.000000307. The molecule has 2 aromatic heterocycles. The van der Waals surface area contributed by atoms with Crippen LogP contribution in [0.2, 0.25) is 0 Å². The highest BCUT2D eigenvalue weighted by molar-refractivity contribution is 7.97. The number of aromatic nitrogens is 2. The van der Waals surface area contributed by atoms with Crippen molar-refractivity contribution in [3.8, 4) is 5.75 Å². The van der Waals surface area contributed by atoms with Crippen molar-refractivity contribution in [2.75, 3.05) is 6.61 Å². The van der Waals surface area contributed by atoms with Gasteiger partial charge >= 0.3 is 5.97 Å². The highest BCUT2D eigenvalue weighted by Gasteiger charge is 2.29. The zero-order chi connectivity index (χ0) is 29.3. The first-order chi connectivity index (χ1) is 18.8. The Bertz CT molecular complexity index is 1470. The molecule has 0 aliphatic carbocycles. The van der Waals surface area contributed by atoms with Gasteiger partial charge in [0.05, 0.1) is 17.3 Å². The molecule has 0 radical (unpaired) electrons. The van der Waals surface area contributed by atoms with Crippen LogP contribution in [0.25, 0.3) is 0 Å². The van der Waals surface area contributed by atoms with Crippen LogP contribution < -0.4 is 4.74 Å². The van der Waals surface area contributed by atoms with Crippen molar-refractivity contribution in [3.05, 3.63) is 103 Å². The van der Waals surface area contributed by atoms with Crippen molar-refractivity contribution >= 4 is 27.0 Å². The summed E-state index contributed by atoms with van der Waals surface area (Å²) >= 11 is 0. The van der Waals surface area contributed by atoms with Crippen LogP contribution in [0.1, 0.15) is 31.9 Å². The number of carbonyl (C=O) groups excluding carboxylic acids is 1. The third-order valence-electron chi connectivity index (χ3n) is 5.18. The van der Waals surface area contributed by atoms with E-state index < -0.39 is 15.7 Å². The Morgan fingerprint density at radius 2 is 1.45 bits per heavy atom. The molecule has 0 aliphatic heterocycles. The monoisotopic (exact) mass is 580 g/mol. The average molecular weight is 581 g/mol. The summed E-state index contributed by atoms with van der Waals surface area (Å²) in [6.07, 6.45) is 7.29. The Kier molecular flexibility index (Phi) is 10.4. The third kappa shape index (κ3) is 9.48. The summed E-state index contributed by atoms with van der Waals surface area (Å²) < 4.78 is 42.7. The fourth-order valence-corrected chi connectivity index (χ4v) is 6.28.